The standard InChI is InChI=1S/C11H16N2/c1-2-4-10(5-3-1)6-7-11-8-12-9-13-11/h1-5,11-13H,6-9H2. The highest BCUT2D eigenvalue weighted by Crippen LogP contribution is 2.05. The first-order valence-corrected chi connectivity index (χ1v) is 4.93. The minimum Gasteiger partial charge on any atom is -0.303 e. The van der Waals surface area contributed by atoms with Gasteiger partial charge in [-0.3, -0.25) is 0 Å². The van der Waals surface area contributed by atoms with Crippen molar-refractivity contribution in [1.82, 2.24) is 10.6 Å². The van der Waals surface area contributed by atoms with E-state index in [0.29, 0.717) is 6.04 Å². The van der Waals surface area contributed by atoms with Crippen molar-refractivity contribution >= 4 is 0 Å². The second-order valence-corrected chi connectivity index (χ2v) is 3.56. The molecule has 2 nitrogen and oxygen atoms in total. The molecule has 0 bridgehead atoms. The molecule has 0 spiro atoms. The topological polar surface area (TPSA) is 24.1 Å². The number of hydrogen-bond donors (Lipinski definition) is 2. The van der Waals surface area contributed by atoms with Crippen LogP contribution in [-0.2, 0) is 6.42 Å². The van der Waals surface area contributed by atoms with Gasteiger partial charge in [-0.1, -0.05) is 30.3 Å². The van der Waals surface area contributed by atoms with Crippen LogP contribution in [-0.4, -0.2) is 19.3 Å². The van der Waals surface area contributed by atoms with Gasteiger partial charge >= 0.3 is 0 Å². The first kappa shape index (κ1) is 8.73. The molecule has 1 saturated heterocycles. The first-order chi connectivity index (χ1) is 6.45. The van der Waals surface area contributed by atoms with Gasteiger partial charge in [0.25, 0.3) is 0 Å². The number of rotatable bonds is 3. The first-order valence-electron chi connectivity index (χ1n) is 4.93. The van der Waals surface area contributed by atoms with E-state index >= 15 is 0 Å². The molecule has 0 amide bonds. The number of hydrogen-bond acceptors (Lipinski definition) is 2. The van der Waals surface area contributed by atoms with Crippen LogP contribution in [0.2, 0.25) is 0 Å². The predicted octanol–water partition coefficient (Wildman–Crippen LogP) is 1.14. The van der Waals surface area contributed by atoms with Crippen molar-refractivity contribution in [2.45, 2.75) is 18.9 Å². The zero-order valence-corrected chi connectivity index (χ0v) is 7.79. The van der Waals surface area contributed by atoms with E-state index in [1.807, 2.05) is 0 Å². The van der Waals surface area contributed by atoms with Crippen molar-refractivity contribution in [2.75, 3.05) is 13.2 Å². The Kier molecular flexibility index (Phi) is 2.95. The molecule has 1 aromatic rings. The largest absolute Gasteiger partial charge is 0.303 e. The minimum atomic E-state index is 0.667. The Morgan fingerprint density at radius 1 is 1.23 bits per heavy atom. The highest BCUT2D eigenvalue weighted by atomic mass is 15.2. The lowest BCUT2D eigenvalue weighted by molar-refractivity contribution is 0.582. The van der Waals surface area contributed by atoms with Gasteiger partial charge in [-0.25, -0.2) is 0 Å². The van der Waals surface area contributed by atoms with Crippen molar-refractivity contribution in [1.29, 1.82) is 0 Å². The lowest BCUT2D eigenvalue weighted by Crippen LogP contribution is -2.23. The lowest BCUT2D eigenvalue weighted by Gasteiger charge is -2.08. The van der Waals surface area contributed by atoms with Gasteiger partial charge in [-0.15, -0.1) is 0 Å². The maximum Gasteiger partial charge on any atom is 0.0457 e. The Labute approximate surface area is 79.4 Å². The zero-order chi connectivity index (χ0) is 8.93. The van der Waals surface area contributed by atoms with Gasteiger partial charge in [0.05, 0.1) is 0 Å². The van der Waals surface area contributed by atoms with Crippen molar-refractivity contribution in [3.63, 3.8) is 0 Å². The fourth-order valence-electron chi connectivity index (χ4n) is 1.72. The molecule has 2 heteroatoms. The third-order valence-electron chi connectivity index (χ3n) is 2.53. The van der Waals surface area contributed by atoms with E-state index in [-0.39, 0.29) is 0 Å². The van der Waals surface area contributed by atoms with Gasteiger partial charge in [-0.05, 0) is 18.4 Å². The molecule has 0 saturated carbocycles. The molecule has 70 valence electrons. The summed E-state index contributed by atoms with van der Waals surface area (Å²) < 4.78 is 0. The van der Waals surface area contributed by atoms with Crippen molar-refractivity contribution in [3.05, 3.63) is 35.9 Å². The van der Waals surface area contributed by atoms with Crippen LogP contribution in [0.5, 0.6) is 0 Å². The molecule has 1 aromatic carbocycles. The third-order valence-corrected chi connectivity index (χ3v) is 2.53. The Balaban J connectivity index is 1.79. The predicted molar refractivity (Wildman–Crippen MR) is 54.6 cm³/mol. The number of aryl methyl sites for hydroxylation is 1. The van der Waals surface area contributed by atoms with Crippen LogP contribution < -0.4 is 10.6 Å². The van der Waals surface area contributed by atoms with Gasteiger partial charge < -0.3 is 10.6 Å². The molecule has 1 aliphatic heterocycles. The molecule has 13 heavy (non-hydrogen) atoms. The molecular formula is C11H16N2. The Morgan fingerprint density at radius 3 is 2.77 bits per heavy atom. The molecule has 0 aromatic heterocycles. The molecule has 1 aliphatic rings. The summed E-state index contributed by atoms with van der Waals surface area (Å²) in [6, 6.07) is 11.3. The molecule has 0 aliphatic carbocycles. The molecule has 1 heterocycles. The smallest absolute Gasteiger partial charge is 0.0457 e. The molecular weight excluding hydrogens is 160 g/mol. The number of nitrogens with one attached hydrogen (secondary N) is 2. The summed E-state index contributed by atoms with van der Waals surface area (Å²) in [6.07, 6.45) is 2.41. The average Bonchev–Trinajstić information content (AvgIpc) is 2.69. The maximum absolute atomic E-state index is 3.42. The van der Waals surface area contributed by atoms with Gasteiger partial charge in [0.2, 0.25) is 0 Å². The van der Waals surface area contributed by atoms with Gasteiger partial charge in [-0.2, -0.15) is 0 Å². The molecule has 1 fully saturated rings. The van der Waals surface area contributed by atoms with Crippen LogP contribution in [0.4, 0.5) is 0 Å². The van der Waals surface area contributed by atoms with Crippen LogP contribution in [0.1, 0.15) is 12.0 Å². The van der Waals surface area contributed by atoms with Gasteiger partial charge in [0.1, 0.15) is 0 Å². The monoisotopic (exact) mass is 176 g/mol. The van der Waals surface area contributed by atoms with E-state index in [1.54, 1.807) is 0 Å². The van der Waals surface area contributed by atoms with E-state index in [0.717, 1.165) is 13.2 Å². The van der Waals surface area contributed by atoms with Crippen LogP contribution in [0.3, 0.4) is 0 Å². The molecule has 1 atom stereocenters. The Hall–Kier alpha value is -0.860. The normalized spacial score (nSPS) is 22.0. The highest BCUT2D eigenvalue weighted by Gasteiger charge is 2.12. The minimum absolute atomic E-state index is 0.667. The molecule has 0 radical (unpaired) electrons. The van der Waals surface area contributed by atoms with Gasteiger partial charge in [0, 0.05) is 19.3 Å². The second kappa shape index (κ2) is 4.40. The van der Waals surface area contributed by atoms with Crippen molar-refractivity contribution in [2.24, 2.45) is 0 Å². The summed E-state index contributed by atoms with van der Waals surface area (Å²) in [5, 5.41) is 6.71. The third kappa shape index (κ3) is 2.54. The summed E-state index contributed by atoms with van der Waals surface area (Å²) in [6.45, 7) is 2.09. The Morgan fingerprint density at radius 2 is 2.08 bits per heavy atom. The second-order valence-electron chi connectivity index (χ2n) is 3.56. The fourth-order valence-corrected chi connectivity index (χ4v) is 1.72. The van der Waals surface area contributed by atoms with Crippen LogP contribution in [0.25, 0.3) is 0 Å². The van der Waals surface area contributed by atoms with E-state index < -0.39 is 0 Å². The quantitative estimate of drug-likeness (QED) is 0.721. The highest BCUT2D eigenvalue weighted by molar-refractivity contribution is 5.14. The van der Waals surface area contributed by atoms with E-state index in [2.05, 4.69) is 41.0 Å². The fraction of sp³-hybridized carbons (Fsp3) is 0.455. The summed E-state index contributed by atoms with van der Waals surface area (Å²) in [5.41, 5.74) is 1.44. The molecule has 2 N–H and O–H groups in total. The number of benzene rings is 1. The lowest BCUT2D eigenvalue weighted by atomic mass is 10.1. The average molecular weight is 176 g/mol. The summed E-state index contributed by atoms with van der Waals surface area (Å²) >= 11 is 0. The summed E-state index contributed by atoms with van der Waals surface area (Å²) in [7, 11) is 0. The van der Waals surface area contributed by atoms with E-state index in [1.165, 1.54) is 18.4 Å². The molecule has 2 rings (SSSR count). The molecule has 1 unspecified atom stereocenters. The van der Waals surface area contributed by atoms with Gasteiger partial charge in [0.15, 0.2) is 0 Å². The van der Waals surface area contributed by atoms with E-state index in [9.17, 15) is 0 Å². The summed E-state index contributed by atoms with van der Waals surface area (Å²) in [5.74, 6) is 0. The van der Waals surface area contributed by atoms with Crippen LogP contribution in [0, 0.1) is 0 Å². The SMILES string of the molecule is c1ccc(CCC2CNCN2)cc1. The van der Waals surface area contributed by atoms with Crippen LogP contribution >= 0.6 is 0 Å². The van der Waals surface area contributed by atoms with Crippen LogP contribution in [0.15, 0.2) is 30.3 Å². The summed E-state index contributed by atoms with van der Waals surface area (Å²) in [4.78, 5) is 0. The van der Waals surface area contributed by atoms with Crippen molar-refractivity contribution < 1.29 is 0 Å². The Bertz CT molecular complexity index is 240. The zero-order valence-electron chi connectivity index (χ0n) is 7.79. The maximum atomic E-state index is 3.42. The van der Waals surface area contributed by atoms with E-state index in [4.69, 9.17) is 0 Å². The van der Waals surface area contributed by atoms with Crippen molar-refractivity contribution in [3.8, 4) is 0 Å².